The van der Waals surface area contributed by atoms with Crippen LogP contribution in [0, 0.1) is 0 Å². The van der Waals surface area contributed by atoms with Gasteiger partial charge in [-0.05, 0) is 129 Å². The van der Waals surface area contributed by atoms with Crippen molar-refractivity contribution < 1.29 is 15.3 Å². The molecule has 3 rings (SSSR count). The molecule has 0 saturated heterocycles. The summed E-state index contributed by atoms with van der Waals surface area (Å²) in [5.41, 5.74) is 7.63. The molecule has 44 heavy (non-hydrogen) atoms. The summed E-state index contributed by atoms with van der Waals surface area (Å²) >= 11 is 0. The van der Waals surface area contributed by atoms with Crippen molar-refractivity contribution in [1.82, 2.24) is 24.9 Å². The van der Waals surface area contributed by atoms with Crippen LogP contribution in [0.2, 0.25) is 0 Å². The van der Waals surface area contributed by atoms with Gasteiger partial charge in [0.15, 0.2) is 0 Å². The van der Waals surface area contributed by atoms with Crippen molar-refractivity contribution in [2.45, 2.75) is 58.4 Å². The molecule has 0 heterocycles. The lowest BCUT2D eigenvalue weighted by atomic mass is 9.68. The summed E-state index contributed by atoms with van der Waals surface area (Å²) in [5.74, 6) is 0.968. The number of aromatic hydroxyl groups is 3. The Balaban J connectivity index is 2.54. The van der Waals surface area contributed by atoms with Crippen molar-refractivity contribution in [3.05, 3.63) is 86.5 Å². The second kappa shape index (κ2) is 14.8. The van der Waals surface area contributed by atoms with E-state index in [1.165, 1.54) is 0 Å². The number of nitrogens with zero attached hydrogens (tertiary/aromatic N) is 4. The summed E-state index contributed by atoms with van der Waals surface area (Å²) in [4.78, 5) is 8.28. The number of hydrogen-bond acceptors (Lipinski definition) is 8. The summed E-state index contributed by atoms with van der Waals surface area (Å²) < 4.78 is 0. The highest BCUT2D eigenvalue weighted by Crippen LogP contribution is 2.45. The standard InChI is InChI=1S/C36H55N5O3/c1-12-24-13-30(15-26(33(24)42)20-38(4)5)36(2,31-14-25(19-37-3)34(43)27(16-31)21-39(6)7)32-17-28(22-40(8)9)35(44)29(18-32)23-41(10)11/h13-18,37,42-44H,12,19-23H2,1-11H3. The Hall–Kier alpha value is -3.14. The molecule has 0 aliphatic carbocycles. The van der Waals surface area contributed by atoms with E-state index in [4.69, 9.17) is 0 Å². The first-order chi connectivity index (χ1) is 20.6. The van der Waals surface area contributed by atoms with E-state index in [1.807, 2.05) is 63.4 Å². The van der Waals surface area contributed by atoms with Crippen molar-refractivity contribution >= 4 is 0 Å². The molecule has 0 radical (unpaired) electrons. The van der Waals surface area contributed by atoms with Gasteiger partial charge < -0.3 is 40.2 Å². The fourth-order valence-electron chi connectivity index (χ4n) is 6.09. The summed E-state index contributed by atoms with van der Waals surface area (Å²) in [6, 6.07) is 12.8. The number of phenols is 3. The Morgan fingerprint density at radius 1 is 0.523 bits per heavy atom. The molecule has 8 heteroatoms. The Bertz CT molecular complexity index is 1400. The fraction of sp³-hybridized carbons (Fsp3) is 0.500. The van der Waals surface area contributed by atoms with Crippen LogP contribution < -0.4 is 5.32 Å². The minimum atomic E-state index is -0.689. The number of aryl methyl sites for hydroxylation is 1. The topological polar surface area (TPSA) is 85.7 Å². The second-order valence-electron chi connectivity index (χ2n) is 13.4. The molecule has 8 nitrogen and oxygen atoms in total. The number of nitrogens with one attached hydrogen (secondary N) is 1. The molecule has 3 aromatic rings. The highest BCUT2D eigenvalue weighted by Gasteiger charge is 2.35. The van der Waals surface area contributed by atoms with Crippen molar-refractivity contribution in [2.75, 3.05) is 63.4 Å². The van der Waals surface area contributed by atoms with Gasteiger partial charge in [0.1, 0.15) is 17.2 Å². The predicted molar refractivity (Wildman–Crippen MR) is 182 cm³/mol. The monoisotopic (exact) mass is 605 g/mol. The lowest BCUT2D eigenvalue weighted by Crippen LogP contribution is -2.28. The molecule has 0 aliphatic rings. The maximum atomic E-state index is 11.4. The third-order valence-corrected chi connectivity index (χ3v) is 8.23. The lowest BCUT2D eigenvalue weighted by molar-refractivity contribution is 0.367. The quantitative estimate of drug-likeness (QED) is 0.197. The Morgan fingerprint density at radius 2 is 0.795 bits per heavy atom. The number of hydrogen-bond donors (Lipinski definition) is 4. The van der Waals surface area contributed by atoms with Crippen LogP contribution in [0.1, 0.15) is 63.9 Å². The Kier molecular flexibility index (Phi) is 11.9. The molecule has 0 saturated carbocycles. The zero-order valence-corrected chi connectivity index (χ0v) is 28.8. The first-order valence-electron chi connectivity index (χ1n) is 15.4. The van der Waals surface area contributed by atoms with Crippen molar-refractivity contribution in [2.24, 2.45) is 0 Å². The van der Waals surface area contributed by atoms with Crippen LogP contribution in [-0.2, 0) is 44.6 Å². The van der Waals surface area contributed by atoms with E-state index in [0.717, 1.165) is 50.1 Å². The lowest BCUT2D eigenvalue weighted by Gasteiger charge is -2.35. The van der Waals surface area contributed by atoms with Gasteiger partial charge in [0, 0.05) is 66.0 Å². The Labute approximate surface area is 265 Å². The number of phenolic OH excluding ortho intramolecular Hbond substituents is 3. The van der Waals surface area contributed by atoms with Gasteiger partial charge in [-0.15, -0.1) is 0 Å². The molecule has 0 fully saturated rings. The number of rotatable bonds is 14. The molecule has 4 N–H and O–H groups in total. The third-order valence-electron chi connectivity index (χ3n) is 8.23. The van der Waals surface area contributed by atoms with E-state index in [0.29, 0.717) is 56.4 Å². The third kappa shape index (κ3) is 7.92. The van der Waals surface area contributed by atoms with Crippen molar-refractivity contribution in [1.29, 1.82) is 0 Å². The maximum Gasteiger partial charge on any atom is 0.124 e. The van der Waals surface area contributed by atoms with E-state index in [-0.39, 0.29) is 0 Å². The molecular formula is C36H55N5O3. The normalized spacial score (nSPS) is 13.4. The zero-order chi connectivity index (χ0) is 32.9. The molecular weight excluding hydrogens is 550 g/mol. The highest BCUT2D eigenvalue weighted by atomic mass is 16.3. The second-order valence-corrected chi connectivity index (χ2v) is 13.4. The van der Waals surface area contributed by atoms with E-state index in [2.05, 4.69) is 75.2 Å². The van der Waals surface area contributed by atoms with Crippen LogP contribution in [0.4, 0.5) is 0 Å². The van der Waals surface area contributed by atoms with Crippen LogP contribution in [0.25, 0.3) is 0 Å². The van der Waals surface area contributed by atoms with Crippen LogP contribution in [0.3, 0.4) is 0 Å². The van der Waals surface area contributed by atoms with Crippen LogP contribution in [0.5, 0.6) is 17.2 Å². The molecule has 0 spiro atoms. The predicted octanol–water partition coefficient (Wildman–Crippen LogP) is 4.69. The first-order valence-corrected chi connectivity index (χ1v) is 15.4. The van der Waals surface area contributed by atoms with E-state index < -0.39 is 5.41 Å². The Morgan fingerprint density at radius 3 is 1.09 bits per heavy atom. The molecule has 0 aliphatic heterocycles. The summed E-state index contributed by atoms with van der Waals surface area (Å²) in [5, 5.41) is 37.3. The maximum absolute atomic E-state index is 11.4. The highest BCUT2D eigenvalue weighted by molar-refractivity contribution is 5.60. The number of benzene rings is 3. The SMILES string of the molecule is CCc1cc(C(C)(c2cc(CNC)c(O)c(CN(C)C)c2)c2cc(CN(C)C)c(O)c(CN(C)C)c2)cc(CN(C)C)c1O. The first kappa shape index (κ1) is 35.3. The van der Waals surface area contributed by atoms with Gasteiger partial charge in [0.25, 0.3) is 0 Å². The molecule has 242 valence electrons. The fourth-order valence-corrected chi connectivity index (χ4v) is 6.09. The largest absolute Gasteiger partial charge is 0.507 e. The molecule has 1 atom stereocenters. The van der Waals surface area contributed by atoms with Gasteiger partial charge in [0.2, 0.25) is 0 Å². The smallest absolute Gasteiger partial charge is 0.124 e. The van der Waals surface area contributed by atoms with Crippen LogP contribution >= 0.6 is 0 Å². The molecule has 0 bridgehead atoms. The molecule has 0 aromatic heterocycles. The summed E-state index contributed by atoms with van der Waals surface area (Å²) in [6.07, 6.45) is 0.690. The molecule has 0 amide bonds. The van der Waals surface area contributed by atoms with Crippen LogP contribution in [-0.4, -0.2) is 98.3 Å². The van der Waals surface area contributed by atoms with Crippen LogP contribution in [0.15, 0.2) is 36.4 Å². The van der Waals surface area contributed by atoms with E-state index in [9.17, 15) is 15.3 Å². The van der Waals surface area contributed by atoms with Gasteiger partial charge in [-0.2, -0.15) is 0 Å². The van der Waals surface area contributed by atoms with E-state index in [1.54, 1.807) is 0 Å². The zero-order valence-electron chi connectivity index (χ0n) is 28.8. The van der Waals surface area contributed by atoms with Gasteiger partial charge >= 0.3 is 0 Å². The van der Waals surface area contributed by atoms with Gasteiger partial charge in [-0.3, -0.25) is 0 Å². The van der Waals surface area contributed by atoms with Crippen molar-refractivity contribution in [3.8, 4) is 17.2 Å². The van der Waals surface area contributed by atoms with Gasteiger partial charge in [-0.1, -0.05) is 13.0 Å². The van der Waals surface area contributed by atoms with E-state index >= 15 is 0 Å². The summed E-state index contributed by atoms with van der Waals surface area (Å²) in [7, 11) is 18.0. The summed E-state index contributed by atoms with van der Waals surface area (Å²) in [6.45, 7) is 7.18. The van der Waals surface area contributed by atoms with Crippen molar-refractivity contribution in [3.63, 3.8) is 0 Å². The minimum absolute atomic E-state index is 0.305. The average Bonchev–Trinajstić information content (AvgIpc) is 2.92. The minimum Gasteiger partial charge on any atom is -0.507 e. The van der Waals surface area contributed by atoms with Gasteiger partial charge in [-0.25, -0.2) is 0 Å². The average molecular weight is 606 g/mol. The molecule has 1 unspecified atom stereocenters. The van der Waals surface area contributed by atoms with Gasteiger partial charge in [0.05, 0.1) is 0 Å². The molecule has 3 aromatic carbocycles.